The Balaban J connectivity index is 2.81. The summed E-state index contributed by atoms with van der Waals surface area (Å²) in [4.78, 5) is 0. The molecule has 3 nitrogen and oxygen atoms in total. The smallest absolute Gasteiger partial charge is 0.120 e. The molecule has 20 heavy (non-hydrogen) atoms. The van der Waals surface area contributed by atoms with E-state index in [-0.39, 0.29) is 18.2 Å². The molecule has 0 amide bonds. The molecule has 0 saturated heterocycles. The molecule has 0 spiro atoms. The summed E-state index contributed by atoms with van der Waals surface area (Å²) in [5.41, 5.74) is 7.00. The highest BCUT2D eigenvalue weighted by Crippen LogP contribution is 2.20. The molecule has 0 bridgehead atoms. The number of nitrogens with one attached hydrogen (secondary N) is 1. The highest BCUT2D eigenvalue weighted by Gasteiger charge is 2.14. The third-order valence-corrected chi connectivity index (χ3v) is 3.05. The molecule has 0 aliphatic rings. The summed E-state index contributed by atoms with van der Waals surface area (Å²) in [5.74, 6) is 3.65. The van der Waals surface area contributed by atoms with Crippen LogP contribution in [0.3, 0.4) is 0 Å². The van der Waals surface area contributed by atoms with Gasteiger partial charge in [-0.05, 0) is 38.0 Å². The fraction of sp³-hybridized carbons (Fsp3) is 0.529. The summed E-state index contributed by atoms with van der Waals surface area (Å²) in [6.45, 7) is 6.66. The van der Waals surface area contributed by atoms with E-state index in [1.165, 1.54) is 0 Å². The van der Waals surface area contributed by atoms with Gasteiger partial charge < -0.3 is 10.5 Å². The van der Waals surface area contributed by atoms with Crippen molar-refractivity contribution in [3.63, 3.8) is 0 Å². The third-order valence-electron chi connectivity index (χ3n) is 3.05. The van der Waals surface area contributed by atoms with E-state index in [9.17, 15) is 0 Å². The van der Waals surface area contributed by atoms with Gasteiger partial charge in [0.15, 0.2) is 0 Å². The highest BCUT2D eigenvalue weighted by molar-refractivity contribution is 5.31. The van der Waals surface area contributed by atoms with E-state index in [4.69, 9.17) is 16.9 Å². The number of hydrogen-bond acceptors (Lipinski definition) is 3. The van der Waals surface area contributed by atoms with Crippen LogP contribution in [0.15, 0.2) is 24.3 Å². The molecular weight excluding hydrogens is 248 g/mol. The minimum atomic E-state index is 0.0540. The molecule has 0 radical (unpaired) electrons. The molecule has 1 aromatic carbocycles. The topological polar surface area (TPSA) is 47.3 Å². The molecule has 2 atom stereocenters. The van der Waals surface area contributed by atoms with Crippen LogP contribution in [0.2, 0.25) is 0 Å². The quantitative estimate of drug-likeness (QED) is 0.717. The fourth-order valence-electron chi connectivity index (χ4n) is 2.12. The normalized spacial score (nSPS) is 13.8. The Hall–Kier alpha value is -1.50. The van der Waals surface area contributed by atoms with E-state index in [1.807, 2.05) is 32.0 Å². The molecular formula is C17H26N2O. The molecule has 2 unspecified atom stereocenters. The largest absolute Gasteiger partial charge is 0.491 e. The Morgan fingerprint density at radius 3 is 2.70 bits per heavy atom. The van der Waals surface area contributed by atoms with E-state index in [0.29, 0.717) is 6.54 Å². The van der Waals surface area contributed by atoms with Gasteiger partial charge in [0.2, 0.25) is 0 Å². The first-order chi connectivity index (χ1) is 9.60. The molecule has 1 aromatic rings. The summed E-state index contributed by atoms with van der Waals surface area (Å²) >= 11 is 0. The van der Waals surface area contributed by atoms with Crippen molar-refractivity contribution >= 4 is 0 Å². The second kappa shape index (κ2) is 8.63. The fourth-order valence-corrected chi connectivity index (χ4v) is 2.12. The summed E-state index contributed by atoms with van der Waals surface area (Å²) in [7, 11) is 0. The van der Waals surface area contributed by atoms with Crippen LogP contribution >= 0.6 is 0 Å². The molecule has 3 N–H and O–H groups in total. The zero-order valence-electron chi connectivity index (χ0n) is 12.7. The van der Waals surface area contributed by atoms with Crippen LogP contribution in [0.4, 0.5) is 0 Å². The predicted molar refractivity (Wildman–Crippen MR) is 84.7 cm³/mol. The lowest BCUT2D eigenvalue weighted by molar-refractivity contribution is 0.242. The Labute approximate surface area is 122 Å². The summed E-state index contributed by atoms with van der Waals surface area (Å²) in [6.07, 6.45) is 7.72. The number of hydrogen-bond donors (Lipinski definition) is 2. The second-order valence-electron chi connectivity index (χ2n) is 5.20. The van der Waals surface area contributed by atoms with Crippen molar-refractivity contribution in [2.75, 3.05) is 6.54 Å². The first-order valence-electron chi connectivity index (χ1n) is 7.29. The molecule has 0 aliphatic carbocycles. The molecule has 0 aromatic heterocycles. The maximum Gasteiger partial charge on any atom is 0.120 e. The number of benzene rings is 1. The van der Waals surface area contributed by atoms with Crippen molar-refractivity contribution in [1.82, 2.24) is 5.32 Å². The second-order valence-corrected chi connectivity index (χ2v) is 5.20. The van der Waals surface area contributed by atoms with E-state index in [2.05, 4.69) is 24.2 Å². The van der Waals surface area contributed by atoms with Gasteiger partial charge in [0.25, 0.3) is 0 Å². The van der Waals surface area contributed by atoms with E-state index < -0.39 is 0 Å². The number of terminal acetylenes is 1. The lowest BCUT2D eigenvalue weighted by Gasteiger charge is -2.22. The van der Waals surface area contributed by atoms with Gasteiger partial charge in [-0.1, -0.05) is 31.4 Å². The van der Waals surface area contributed by atoms with Crippen molar-refractivity contribution in [2.24, 2.45) is 5.73 Å². The van der Waals surface area contributed by atoms with Crippen LogP contribution in [0.5, 0.6) is 5.75 Å². The first-order valence-corrected chi connectivity index (χ1v) is 7.29. The summed E-state index contributed by atoms with van der Waals surface area (Å²) in [6, 6.07) is 8.15. The van der Waals surface area contributed by atoms with Crippen LogP contribution in [0.25, 0.3) is 0 Å². The molecule has 0 fully saturated rings. The van der Waals surface area contributed by atoms with Gasteiger partial charge in [-0.15, -0.1) is 6.42 Å². The Morgan fingerprint density at radius 1 is 1.40 bits per heavy atom. The van der Waals surface area contributed by atoms with Gasteiger partial charge in [-0.25, -0.2) is 0 Å². The standard InChI is InChI=1S/C17H26N2O/c1-5-8-15(6-2)19-17(12-18)14-9-7-10-16(11-14)20-13(3)4/h2,7,9-11,13,15,17,19H,5,8,12,18H2,1,3-4H3. The van der Waals surface area contributed by atoms with Crippen molar-refractivity contribution in [2.45, 2.75) is 51.8 Å². The lowest BCUT2D eigenvalue weighted by atomic mass is 10.0. The number of rotatable bonds is 8. The Morgan fingerprint density at radius 2 is 2.15 bits per heavy atom. The maximum absolute atomic E-state index is 5.88. The molecule has 1 rings (SSSR count). The van der Waals surface area contributed by atoms with Crippen molar-refractivity contribution in [3.05, 3.63) is 29.8 Å². The summed E-state index contributed by atoms with van der Waals surface area (Å²) < 4.78 is 5.72. The van der Waals surface area contributed by atoms with Crippen molar-refractivity contribution in [3.8, 4) is 18.1 Å². The van der Waals surface area contributed by atoms with Crippen molar-refractivity contribution in [1.29, 1.82) is 0 Å². The molecule has 0 saturated carbocycles. The van der Waals surface area contributed by atoms with Crippen LogP contribution in [0, 0.1) is 12.3 Å². The zero-order chi connectivity index (χ0) is 15.0. The lowest BCUT2D eigenvalue weighted by Crippen LogP contribution is -2.35. The van der Waals surface area contributed by atoms with E-state index in [0.717, 1.165) is 24.2 Å². The predicted octanol–water partition coefficient (Wildman–Crippen LogP) is 2.87. The average molecular weight is 274 g/mol. The van der Waals surface area contributed by atoms with Gasteiger partial charge in [0, 0.05) is 12.6 Å². The van der Waals surface area contributed by atoms with Gasteiger partial charge >= 0.3 is 0 Å². The monoisotopic (exact) mass is 274 g/mol. The van der Waals surface area contributed by atoms with Crippen LogP contribution < -0.4 is 15.8 Å². The van der Waals surface area contributed by atoms with Crippen LogP contribution in [-0.2, 0) is 0 Å². The van der Waals surface area contributed by atoms with E-state index in [1.54, 1.807) is 0 Å². The minimum Gasteiger partial charge on any atom is -0.491 e. The van der Waals surface area contributed by atoms with E-state index >= 15 is 0 Å². The minimum absolute atomic E-state index is 0.0540. The molecule has 0 aliphatic heterocycles. The summed E-state index contributed by atoms with van der Waals surface area (Å²) in [5, 5.41) is 3.43. The first kappa shape index (κ1) is 16.6. The third kappa shape index (κ3) is 5.24. The van der Waals surface area contributed by atoms with Crippen LogP contribution in [0.1, 0.15) is 45.2 Å². The van der Waals surface area contributed by atoms with Gasteiger partial charge in [0.1, 0.15) is 5.75 Å². The van der Waals surface area contributed by atoms with Crippen LogP contribution in [-0.4, -0.2) is 18.7 Å². The van der Waals surface area contributed by atoms with Gasteiger partial charge in [-0.3, -0.25) is 5.32 Å². The zero-order valence-corrected chi connectivity index (χ0v) is 12.7. The van der Waals surface area contributed by atoms with Crippen molar-refractivity contribution < 1.29 is 4.74 Å². The SMILES string of the molecule is C#CC(CCC)NC(CN)c1cccc(OC(C)C)c1. The Bertz CT molecular complexity index is 437. The molecule has 3 heteroatoms. The number of ether oxygens (including phenoxy) is 1. The molecule has 0 heterocycles. The number of nitrogens with two attached hydrogens (primary N) is 1. The molecule has 110 valence electrons. The maximum atomic E-state index is 5.88. The van der Waals surface area contributed by atoms with Gasteiger partial charge in [-0.2, -0.15) is 0 Å². The average Bonchev–Trinajstić information content (AvgIpc) is 2.43. The highest BCUT2D eigenvalue weighted by atomic mass is 16.5. The Kier molecular flexibility index (Phi) is 7.14. The van der Waals surface area contributed by atoms with Gasteiger partial charge in [0.05, 0.1) is 12.1 Å².